The minimum atomic E-state index is -0.225. The predicted molar refractivity (Wildman–Crippen MR) is 84.6 cm³/mol. The van der Waals surface area contributed by atoms with Gasteiger partial charge in [0.2, 0.25) is 5.89 Å². The molecule has 2 rings (SSSR count). The van der Waals surface area contributed by atoms with Gasteiger partial charge < -0.3 is 19.7 Å². The number of hydrogen-bond donors (Lipinski definition) is 2. The number of anilines is 1. The van der Waals surface area contributed by atoms with Crippen molar-refractivity contribution in [1.29, 1.82) is 0 Å². The van der Waals surface area contributed by atoms with Gasteiger partial charge in [0.1, 0.15) is 5.76 Å². The lowest BCUT2D eigenvalue weighted by Gasteiger charge is -2.21. The van der Waals surface area contributed by atoms with Gasteiger partial charge in [-0.1, -0.05) is 13.0 Å². The van der Waals surface area contributed by atoms with Crippen LogP contribution in [0.5, 0.6) is 0 Å². The molecule has 0 unspecified atom stereocenters. The standard InChI is InChI=1S/C16H21N3O3/c1-3-7-19(8-9-20)16(21)18-14-6-4-5-13(10-14)15-17-11-12(2)22-15/h4-6,10-11,20H,3,7-9H2,1-2H3,(H,18,21). The normalized spacial score (nSPS) is 10.5. The molecule has 0 atom stereocenters. The van der Waals surface area contributed by atoms with Crippen LogP contribution in [-0.4, -0.2) is 40.7 Å². The summed E-state index contributed by atoms with van der Waals surface area (Å²) in [6.45, 7) is 4.69. The fourth-order valence-corrected chi connectivity index (χ4v) is 2.13. The van der Waals surface area contributed by atoms with Gasteiger partial charge in [-0.05, 0) is 31.5 Å². The molecular formula is C16H21N3O3. The quantitative estimate of drug-likeness (QED) is 0.860. The van der Waals surface area contributed by atoms with Crippen LogP contribution in [0.2, 0.25) is 0 Å². The highest BCUT2D eigenvalue weighted by atomic mass is 16.4. The summed E-state index contributed by atoms with van der Waals surface area (Å²) in [7, 11) is 0. The molecule has 1 aromatic carbocycles. The molecule has 22 heavy (non-hydrogen) atoms. The Balaban J connectivity index is 2.11. The van der Waals surface area contributed by atoms with Gasteiger partial charge >= 0.3 is 6.03 Å². The molecule has 0 saturated heterocycles. The van der Waals surface area contributed by atoms with Gasteiger partial charge in [-0.15, -0.1) is 0 Å². The molecule has 2 amide bonds. The molecule has 2 N–H and O–H groups in total. The van der Waals surface area contributed by atoms with E-state index in [2.05, 4.69) is 10.3 Å². The van der Waals surface area contributed by atoms with Crippen LogP contribution in [0.25, 0.3) is 11.5 Å². The number of aromatic nitrogens is 1. The maximum Gasteiger partial charge on any atom is 0.321 e. The number of aliphatic hydroxyl groups is 1. The highest BCUT2D eigenvalue weighted by Crippen LogP contribution is 2.22. The molecule has 0 radical (unpaired) electrons. The number of aliphatic hydroxyl groups excluding tert-OH is 1. The van der Waals surface area contributed by atoms with Crippen molar-refractivity contribution >= 4 is 11.7 Å². The van der Waals surface area contributed by atoms with E-state index in [0.29, 0.717) is 24.7 Å². The van der Waals surface area contributed by atoms with Gasteiger partial charge in [-0.3, -0.25) is 0 Å². The molecule has 0 spiro atoms. The number of carbonyl (C=O) groups excluding carboxylic acids is 1. The predicted octanol–water partition coefficient (Wildman–Crippen LogP) is 2.89. The average Bonchev–Trinajstić information content (AvgIpc) is 2.94. The number of oxazole rings is 1. The average molecular weight is 303 g/mol. The van der Waals surface area contributed by atoms with E-state index in [1.807, 2.05) is 32.0 Å². The van der Waals surface area contributed by atoms with E-state index >= 15 is 0 Å². The summed E-state index contributed by atoms with van der Waals surface area (Å²) in [6.07, 6.45) is 2.49. The molecular weight excluding hydrogens is 282 g/mol. The van der Waals surface area contributed by atoms with Crippen LogP contribution in [-0.2, 0) is 0 Å². The zero-order valence-corrected chi connectivity index (χ0v) is 12.9. The summed E-state index contributed by atoms with van der Waals surface area (Å²) in [5.41, 5.74) is 1.47. The Hall–Kier alpha value is -2.34. The Morgan fingerprint density at radius 2 is 2.23 bits per heavy atom. The van der Waals surface area contributed by atoms with Crippen molar-refractivity contribution in [2.75, 3.05) is 25.0 Å². The van der Waals surface area contributed by atoms with Crippen molar-refractivity contribution in [3.8, 4) is 11.5 Å². The number of aryl methyl sites for hydroxylation is 1. The zero-order valence-electron chi connectivity index (χ0n) is 12.9. The van der Waals surface area contributed by atoms with E-state index < -0.39 is 0 Å². The van der Waals surface area contributed by atoms with Crippen LogP contribution >= 0.6 is 0 Å². The second-order valence-electron chi connectivity index (χ2n) is 5.00. The minimum absolute atomic E-state index is 0.0525. The lowest BCUT2D eigenvalue weighted by Crippen LogP contribution is -2.37. The van der Waals surface area contributed by atoms with E-state index in [1.165, 1.54) is 0 Å². The van der Waals surface area contributed by atoms with Crippen molar-refractivity contribution in [2.24, 2.45) is 0 Å². The number of carbonyl (C=O) groups is 1. The molecule has 2 aromatic rings. The van der Waals surface area contributed by atoms with Crippen LogP contribution in [0.3, 0.4) is 0 Å². The first kappa shape index (κ1) is 16.0. The first-order valence-corrected chi connectivity index (χ1v) is 7.33. The first-order valence-electron chi connectivity index (χ1n) is 7.33. The molecule has 118 valence electrons. The smallest absolute Gasteiger partial charge is 0.321 e. The third-order valence-electron chi connectivity index (χ3n) is 3.13. The fraction of sp³-hybridized carbons (Fsp3) is 0.375. The van der Waals surface area contributed by atoms with Gasteiger partial charge in [-0.25, -0.2) is 9.78 Å². The number of amides is 2. The Labute approximate surface area is 129 Å². The largest absolute Gasteiger partial charge is 0.441 e. The van der Waals surface area contributed by atoms with Crippen molar-refractivity contribution in [1.82, 2.24) is 9.88 Å². The van der Waals surface area contributed by atoms with Crippen molar-refractivity contribution in [3.05, 3.63) is 36.2 Å². The third kappa shape index (κ3) is 4.08. The van der Waals surface area contributed by atoms with E-state index in [9.17, 15) is 4.79 Å². The second kappa shape index (κ2) is 7.61. The second-order valence-corrected chi connectivity index (χ2v) is 5.00. The van der Waals surface area contributed by atoms with Crippen LogP contribution in [0.1, 0.15) is 19.1 Å². The van der Waals surface area contributed by atoms with Gasteiger partial charge in [0.25, 0.3) is 0 Å². The van der Waals surface area contributed by atoms with E-state index in [4.69, 9.17) is 9.52 Å². The summed E-state index contributed by atoms with van der Waals surface area (Å²) >= 11 is 0. The summed E-state index contributed by atoms with van der Waals surface area (Å²) < 4.78 is 5.49. The van der Waals surface area contributed by atoms with Crippen LogP contribution in [0, 0.1) is 6.92 Å². The Morgan fingerprint density at radius 3 is 2.86 bits per heavy atom. The molecule has 0 aliphatic heterocycles. The molecule has 0 aliphatic carbocycles. The fourth-order valence-electron chi connectivity index (χ4n) is 2.13. The number of benzene rings is 1. The number of rotatable bonds is 6. The van der Waals surface area contributed by atoms with Gasteiger partial charge in [0, 0.05) is 24.3 Å². The summed E-state index contributed by atoms with van der Waals surface area (Å²) in [6, 6.07) is 7.10. The first-order chi connectivity index (χ1) is 10.6. The molecule has 1 heterocycles. The maximum absolute atomic E-state index is 12.2. The SMILES string of the molecule is CCCN(CCO)C(=O)Nc1cccc(-c2ncc(C)o2)c1. The van der Waals surface area contributed by atoms with Gasteiger partial charge in [0.05, 0.1) is 12.8 Å². The summed E-state index contributed by atoms with van der Waals surface area (Å²) in [5, 5.41) is 11.9. The third-order valence-corrected chi connectivity index (χ3v) is 3.13. The van der Waals surface area contributed by atoms with Gasteiger partial charge in [-0.2, -0.15) is 0 Å². The summed E-state index contributed by atoms with van der Waals surface area (Å²) in [5.74, 6) is 1.26. The number of nitrogens with zero attached hydrogens (tertiary/aromatic N) is 2. The number of urea groups is 1. The van der Waals surface area contributed by atoms with E-state index in [-0.39, 0.29) is 12.6 Å². The lowest BCUT2D eigenvalue weighted by molar-refractivity contribution is 0.188. The van der Waals surface area contributed by atoms with Crippen molar-refractivity contribution in [2.45, 2.75) is 20.3 Å². The van der Waals surface area contributed by atoms with Crippen molar-refractivity contribution in [3.63, 3.8) is 0 Å². The monoisotopic (exact) mass is 303 g/mol. The van der Waals surface area contributed by atoms with E-state index in [1.54, 1.807) is 17.2 Å². The number of nitrogens with one attached hydrogen (secondary N) is 1. The highest BCUT2D eigenvalue weighted by Gasteiger charge is 2.13. The van der Waals surface area contributed by atoms with Crippen molar-refractivity contribution < 1.29 is 14.3 Å². The van der Waals surface area contributed by atoms with Crippen LogP contribution in [0.4, 0.5) is 10.5 Å². The Bertz CT molecular complexity index is 619. The molecule has 0 fully saturated rings. The molecule has 0 bridgehead atoms. The zero-order chi connectivity index (χ0) is 15.9. The lowest BCUT2D eigenvalue weighted by atomic mass is 10.2. The molecule has 1 aromatic heterocycles. The van der Waals surface area contributed by atoms with Crippen LogP contribution < -0.4 is 5.32 Å². The topological polar surface area (TPSA) is 78.6 Å². The molecule has 0 saturated carbocycles. The molecule has 0 aliphatic rings. The molecule has 6 heteroatoms. The number of hydrogen-bond acceptors (Lipinski definition) is 4. The Kier molecular flexibility index (Phi) is 5.55. The van der Waals surface area contributed by atoms with Gasteiger partial charge in [0.15, 0.2) is 0 Å². The minimum Gasteiger partial charge on any atom is -0.441 e. The maximum atomic E-state index is 12.2. The Morgan fingerprint density at radius 1 is 1.41 bits per heavy atom. The summed E-state index contributed by atoms with van der Waals surface area (Å²) in [4.78, 5) is 18.0. The highest BCUT2D eigenvalue weighted by molar-refractivity contribution is 5.90. The van der Waals surface area contributed by atoms with Crippen LogP contribution in [0.15, 0.2) is 34.9 Å². The van der Waals surface area contributed by atoms with E-state index in [0.717, 1.165) is 17.7 Å². The molecule has 6 nitrogen and oxygen atoms in total.